The Bertz CT molecular complexity index is 202. The predicted octanol–water partition coefficient (Wildman–Crippen LogP) is 1.42. The molecule has 1 fully saturated rings. The van der Waals surface area contributed by atoms with Gasteiger partial charge in [0.25, 0.3) is 0 Å². The van der Waals surface area contributed by atoms with Crippen LogP contribution in [0.5, 0.6) is 0 Å². The number of β-amino-alcohol motifs (C(OH)–C–C–N with tert-alkyl or cyclic N) is 1. The number of hydrogen-bond donors (Lipinski definition) is 1. The van der Waals surface area contributed by atoms with E-state index in [1.54, 1.807) is 0 Å². The van der Waals surface area contributed by atoms with E-state index in [0.29, 0.717) is 5.92 Å². The topological polar surface area (TPSA) is 26.7 Å². The van der Waals surface area contributed by atoms with Crippen LogP contribution in [0.2, 0.25) is 0 Å². The molecule has 0 bridgehead atoms. The van der Waals surface area contributed by atoms with Crippen LogP contribution in [0.15, 0.2) is 0 Å². The lowest BCUT2D eigenvalue weighted by atomic mass is 10.0. The van der Waals surface area contributed by atoms with E-state index >= 15 is 0 Å². The van der Waals surface area contributed by atoms with E-state index in [9.17, 15) is 5.11 Å². The molecule has 0 aromatic rings. The normalized spacial score (nSPS) is 22.7. The first-order valence-electron chi connectivity index (χ1n) is 6.46. The average molecular weight is 228 g/mol. The predicted molar refractivity (Wildman–Crippen MR) is 68.6 cm³/mol. The maximum Gasteiger partial charge on any atom is 0.0689 e. The van der Waals surface area contributed by atoms with Gasteiger partial charge in [-0.2, -0.15) is 0 Å². The van der Waals surface area contributed by atoms with Gasteiger partial charge in [-0.05, 0) is 26.7 Å². The smallest absolute Gasteiger partial charge is 0.0689 e. The van der Waals surface area contributed by atoms with Crippen molar-refractivity contribution in [1.82, 2.24) is 9.80 Å². The van der Waals surface area contributed by atoms with Crippen molar-refractivity contribution in [2.24, 2.45) is 5.92 Å². The minimum absolute atomic E-state index is 0.179. The largest absolute Gasteiger partial charge is 0.392 e. The van der Waals surface area contributed by atoms with Gasteiger partial charge >= 0.3 is 0 Å². The molecule has 1 saturated heterocycles. The first kappa shape index (κ1) is 13.9. The molecule has 1 N–H and O–H groups in total. The number of piperazine rings is 1. The molecule has 1 unspecified atom stereocenters. The van der Waals surface area contributed by atoms with Crippen LogP contribution < -0.4 is 0 Å². The molecule has 96 valence electrons. The molecule has 1 aliphatic rings. The van der Waals surface area contributed by atoms with Crippen molar-refractivity contribution in [3.8, 4) is 0 Å². The number of aliphatic hydroxyl groups is 1. The maximum atomic E-state index is 9.85. The lowest BCUT2D eigenvalue weighted by Crippen LogP contribution is -2.54. The van der Waals surface area contributed by atoms with Crippen LogP contribution in [0.1, 0.15) is 34.6 Å². The average Bonchev–Trinajstić information content (AvgIpc) is 2.17. The highest BCUT2D eigenvalue weighted by atomic mass is 16.3. The SMILES string of the molecule is CC(C)C(O)CN1CCN(C(C)(C)C)CC1. The van der Waals surface area contributed by atoms with Crippen LogP contribution in [0, 0.1) is 5.92 Å². The minimum atomic E-state index is -0.179. The fourth-order valence-corrected chi connectivity index (χ4v) is 2.08. The Labute approximate surface area is 100 Å². The third-order valence-corrected chi connectivity index (χ3v) is 3.54. The Morgan fingerprint density at radius 3 is 1.94 bits per heavy atom. The van der Waals surface area contributed by atoms with Gasteiger partial charge in [0.1, 0.15) is 0 Å². The van der Waals surface area contributed by atoms with Gasteiger partial charge < -0.3 is 5.11 Å². The monoisotopic (exact) mass is 228 g/mol. The summed E-state index contributed by atoms with van der Waals surface area (Å²) in [5.41, 5.74) is 0.281. The number of rotatable bonds is 3. The second-order valence-corrected chi connectivity index (χ2v) is 6.27. The summed E-state index contributed by atoms with van der Waals surface area (Å²) in [6, 6.07) is 0. The molecule has 1 aliphatic heterocycles. The van der Waals surface area contributed by atoms with Crippen molar-refractivity contribution in [3.05, 3.63) is 0 Å². The maximum absolute atomic E-state index is 9.85. The van der Waals surface area contributed by atoms with E-state index in [1.165, 1.54) is 0 Å². The molecule has 0 aromatic heterocycles. The zero-order chi connectivity index (χ0) is 12.3. The number of hydrogen-bond acceptors (Lipinski definition) is 3. The summed E-state index contributed by atoms with van der Waals surface area (Å²) in [6.07, 6.45) is -0.179. The van der Waals surface area contributed by atoms with Crippen LogP contribution in [0.25, 0.3) is 0 Å². The van der Waals surface area contributed by atoms with Crippen LogP contribution in [0.4, 0.5) is 0 Å². The van der Waals surface area contributed by atoms with Gasteiger partial charge in [0.15, 0.2) is 0 Å². The third-order valence-electron chi connectivity index (χ3n) is 3.54. The molecule has 0 aliphatic carbocycles. The molecule has 1 atom stereocenters. The van der Waals surface area contributed by atoms with Crippen molar-refractivity contribution in [3.63, 3.8) is 0 Å². The first-order chi connectivity index (χ1) is 7.30. The highest BCUT2D eigenvalue weighted by molar-refractivity contribution is 4.82. The highest BCUT2D eigenvalue weighted by Gasteiger charge is 2.26. The molecule has 3 heteroatoms. The summed E-state index contributed by atoms with van der Waals surface area (Å²) in [5, 5.41) is 9.85. The van der Waals surface area contributed by atoms with Gasteiger partial charge in [-0.25, -0.2) is 0 Å². The van der Waals surface area contributed by atoms with Crippen LogP contribution in [0.3, 0.4) is 0 Å². The Morgan fingerprint density at radius 1 is 1.06 bits per heavy atom. The zero-order valence-corrected chi connectivity index (χ0v) is 11.5. The Morgan fingerprint density at radius 2 is 1.56 bits per heavy atom. The van der Waals surface area contributed by atoms with E-state index in [0.717, 1.165) is 32.7 Å². The van der Waals surface area contributed by atoms with Gasteiger partial charge in [-0.1, -0.05) is 13.8 Å². The number of aliphatic hydroxyl groups excluding tert-OH is 1. The van der Waals surface area contributed by atoms with Crippen molar-refractivity contribution < 1.29 is 5.11 Å². The Balaban J connectivity index is 2.32. The van der Waals surface area contributed by atoms with Crippen LogP contribution in [-0.4, -0.2) is 59.3 Å². The van der Waals surface area contributed by atoms with Crippen molar-refractivity contribution in [1.29, 1.82) is 0 Å². The molecule has 3 nitrogen and oxygen atoms in total. The molecule has 0 spiro atoms. The summed E-state index contributed by atoms with van der Waals surface area (Å²) in [4.78, 5) is 4.90. The molecule has 0 radical (unpaired) electrons. The number of nitrogens with zero attached hydrogens (tertiary/aromatic N) is 2. The van der Waals surface area contributed by atoms with Crippen molar-refractivity contribution in [2.75, 3.05) is 32.7 Å². The summed E-state index contributed by atoms with van der Waals surface area (Å²) in [7, 11) is 0. The van der Waals surface area contributed by atoms with E-state index in [1.807, 2.05) is 0 Å². The summed E-state index contributed by atoms with van der Waals surface area (Å²) in [6.45, 7) is 16.2. The second-order valence-electron chi connectivity index (χ2n) is 6.27. The van der Waals surface area contributed by atoms with Crippen LogP contribution >= 0.6 is 0 Å². The third kappa shape index (κ3) is 4.04. The van der Waals surface area contributed by atoms with Gasteiger partial charge in [-0.3, -0.25) is 9.80 Å². The van der Waals surface area contributed by atoms with E-state index < -0.39 is 0 Å². The van der Waals surface area contributed by atoms with Crippen molar-refractivity contribution in [2.45, 2.75) is 46.3 Å². The quantitative estimate of drug-likeness (QED) is 0.791. The first-order valence-corrected chi connectivity index (χ1v) is 6.46. The zero-order valence-electron chi connectivity index (χ0n) is 11.5. The Hall–Kier alpha value is -0.120. The van der Waals surface area contributed by atoms with Gasteiger partial charge in [0, 0.05) is 38.3 Å². The fourth-order valence-electron chi connectivity index (χ4n) is 2.08. The van der Waals surface area contributed by atoms with Gasteiger partial charge in [0.05, 0.1) is 6.10 Å². The summed E-state index contributed by atoms with van der Waals surface area (Å²) >= 11 is 0. The Kier molecular flexibility index (Phi) is 4.77. The molecule has 1 rings (SSSR count). The van der Waals surface area contributed by atoms with Crippen LogP contribution in [-0.2, 0) is 0 Å². The second kappa shape index (κ2) is 5.48. The molecule has 0 saturated carbocycles. The van der Waals surface area contributed by atoms with Gasteiger partial charge in [-0.15, -0.1) is 0 Å². The van der Waals surface area contributed by atoms with E-state index in [4.69, 9.17) is 0 Å². The molecule has 1 heterocycles. The molecule has 16 heavy (non-hydrogen) atoms. The molecule has 0 amide bonds. The fraction of sp³-hybridized carbons (Fsp3) is 1.00. The standard InChI is InChI=1S/C13H28N2O/c1-11(2)12(16)10-14-6-8-15(9-7-14)13(3,4)5/h11-12,16H,6-10H2,1-5H3. The lowest BCUT2D eigenvalue weighted by Gasteiger charge is -2.42. The highest BCUT2D eigenvalue weighted by Crippen LogP contribution is 2.16. The van der Waals surface area contributed by atoms with Crippen molar-refractivity contribution >= 4 is 0 Å². The van der Waals surface area contributed by atoms with Gasteiger partial charge in [0.2, 0.25) is 0 Å². The summed E-state index contributed by atoms with van der Waals surface area (Å²) in [5.74, 6) is 0.362. The molecule has 0 aromatic carbocycles. The van der Waals surface area contributed by atoms with E-state index in [2.05, 4.69) is 44.4 Å². The molecular weight excluding hydrogens is 200 g/mol. The summed E-state index contributed by atoms with van der Waals surface area (Å²) < 4.78 is 0. The van der Waals surface area contributed by atoms with E-state index in [-0.39, 0.29) is 11.6 Å². The molecular formula is C13H28N2O. The lowest BCUT2D eigenvalue weighted by molar-refractivity contribution is 0.0243. The minimum Gasteiger partial charge on any atom is -0.392 e.